The SMILES string of the molecule is CCC(=O)n1cc2c3c(cccc31)C1=C[C@@H](C(=O)N3[C@H](C)C[C@H]3C)CN(CC)[C@@H]1C2. The number of carbonyl (C=O) groups is 2. The molecule has 0 unspecified atom stereocenters. The fraction of sp³-hybridized carbons (Fsp3) is 0.520. The van der Waals surface area contributed by atoms with E-state index < -0.39 is 0 Å². The molecule has 4 atom stereocenters. The van der Waals surface area contributed by atoms with E-state index in [0.29, 0.717) is 18.5 Å². The number of hydrogen-bond donors (Lipinski definition) is 0. The number of fused-ring (bicyclic) bond motifs is 2. The van der Waals surface area contributed by atoms with E-state index in [1.165, 1.54) is 22.1 Å². The van der Waals surface area contributed by atoms with Crippen molar-refractivity contribution in [3.8, 4) is 0 Å². The molecule has 1 saturated heterocycles. The molecule has 0 N–H and O–H groups in total. The molecule has 1 amide bonds. The fourth-order valence-corrected chi connectivity index (χ4v) is 5.96. The van der Waals surface area contributed by atoms with Crippen LogP contribution in [0.15, 0.2) is 30.5 Å². The van der Waals surface area contributed by atoms with E-state index in [0.717, 1.165) is 31.4 Å². The molecule has 2 aromatic rings. The minimum atomic E-state index is -0.0995. The third kappa shape index (κ3) is 2.71. The fourth-order valence-electron chi connectivity index (χ4n) is 5.96. The lowest BCUT2D eigenvalue weighted by Crippen LogP contribution is -2.59. The summed E-state index contributed by atoms with van der Waals surface area (Å²) in [6.45, 7) is 10.1. The van der Waals surface area contributed by atoms with E-state index >= 15 is 0 Å². The van der Waals surface area contributed by atoms with E-state index in [1.807, 2.05) is 29.8 Å². The van der Waals surface area contributed by atoms with Crippen molar-refractivity contribution in [3.05, 3.63) is 41.6 Å². The topological polar surface area (TPSA) is 45.6 Å². The van der Waals surface area contributed by atoms with Crippen molar-refractivity contribution in [3.63, 3.8) is 0 Å². The van der Waals surface area contributed by atoms with E-state index in [1.54, 1.807) is 0 Å². The van der Waals surface area contributed by atoms with Gasteiger partial charge in [0.1, 0.15) is 0 Å². The van der Waals surface area contributed by atoms with E-state index in [-0.39, 0.29) is 23.8 Å². The zero-order valence-corrected chi connectivity index (χ0v) is 18.4. The first kappa shape index (κ1) is 19.6. The zero-order chi connectivity index (χ0) is 21.2. The van der Waals surface area contributed by atoms with Gasteiger partial charge in [-0.15, -0.1) is 0 Å². The predicted molar refractivity (Wildman–Crippen MR) is 119 cm³/mol. The standard InChI is InChI=1S/C25H31N3O2/c1-5-23(29)27-14-17-12-22-20(19-8-7-9-21(27)24(17)19)11-18(13-26(22)6-2)25(30)28-15(3)10-16(28)4/h7-9,11,14-16,18,22H,5-6,10,12-13H2,1-4H3/t15-,16-,18-,22-/m1/s1. The summed E-state index contributed by atoms with van der Waals surface area (Å²) in [4.78, 5) is 30.4. The van der Waals surface area contributed by atoms with E-state index in [9.17, 15) is 9.59 Å². The molecule has 0 spiro atoms. The molecule has 0 bridgehead atoms. The van der Waals surface area contributed by atoms with Gasteiger partial charge in [0, 0.05) is 42.7 Å². The molecule has 5 rings (SSSR count). The zero-order valence-electron chi connectivity index (χ0n) is 18.4. The van der Waals surface area contributed by atoms with Gasteiger partial charge in [-0.3, -0.25) is 19.1 Å². The third-order valence-corrected chi connectivity index (χ3v) is 7.42. The van der Waals surface area contributed by atoms with Gasteiger partial charge in [0.15, 0.2) is 0 Å². The second-order valence-electron chi connectivity index (χ2n) is 9.19. The van der Waals surface area contributed by atoms with Gasteiger partial charge in [0.05, 0.1) is 11.4 Å². The highest BCUT2D eigenvalue weighted by Crippen LogP contribution is 2.42. The summed E-state index contributed by atoms with van der Waals surface area (Å²) in [6, 6.07) is 7.22. The molecule has 0 saturated carbocycles. The molecular formula is C25H31N3O2. The Kier molecular flexibility index (Phi) is 4.62. The first-order chi connectivity index (χ1) is 14.4. The molecule has 3 heterocycles. The number of nitrogens with zero attached hydrogens (tertiary/aromatic N) is 3. The van der Waals surface area contributed by atoms with Crippen LogP contribution in [-0.4, -0.2) is 57.4 Å². The lowest BCUT2D eigenvalue weighted by Gasteiger charge is -2.48. The van der Waals surface area contributed by atoms with Crippen molar-refractivity contribution >= 4 is 28.3 Å². The number of benzene rings is 1. The van der Waals surface area contributed by atoms with Gasteiger partial charge in [-0.05, 0) is 56.0 Å². The number of carbonyl (C=O) groups excluding carboxylic acids is 2. The monoisotopic (exact) mass is 405 g/mol. The van der Waals surface area contributed by atoms with Gasteiger partial charge in [0.2, 0.25) is 11.8 Å². The Morgan fingerprint density at radius 1 is 1.13 bits per heavy atom. The number of hydrogen-bond acceptors (Lipinski definition) is 3. The van der Waals surface area contributed by atoms with Crippen molar-refractivity contribution in [2.24, 2.45) is 5.92 Å². The molecule has 158 valence electrons. The molecule has 2 aliphatic heterocycles. The van der Waals surface area contributed by atoms with Crippen LogP contribution in [0.5, 0.6) is 0 Å². The highest BCUT2D eigenvalue weighted by atomic mass is 16.2. The van der Waals surface area contributed by atoms with Crippen LogP contribution in [0.3, 0.4) is 0 Å². The van der Waals surface area contributed by atoms with Crippen molar-refractivity contribution in [2.45, 2.75) is 65.1 Å². The normalized spacial score (nSPS) is 28.1. The molecule has 30 heavy (non-hydrogen) atoms. The highest BCUT2D eigenvalue weighted by molar-refractivity contribution is 6.03. The first-order valence-electron chi connectivity index (χ1n) is 11.4. The first-order valence-corrected chi connectivity index (χ1v) is 11.4. The quantitative estimate of drug-likeness (QED) is 0.776. The maximum atomic E-state index is 13.4. The Labute approximate surface area is 178 Å². The molecule has 1 fully saturated rings. The minimum Gasteiger partial charge on any atom is -0.337 e. The van der Waals surface area contributed by atoms with Crippen molar-refractivity contribution in [2.75, 3.05) is 13.1 Å². The Bertz CT molecular complexity index is 1060. The van der Waals surface area contributed by atoms with Crippen LogP contribution < -0.4 is 0 Å². The molecular weight excluding hydrogens is 374 g/mol. The van der Waals surface area contributed by atoms with Gasteiger partial charge in [0.25, 0.3) is 0 Å². The van der Waals surface area contributed by atoms with Crippen molar-refractivity contribution in [1.29, 1.82) is 0 Å². The summed E-state index contributed by atoms with van der Waals surface area (Å²) in [5.41, 5.74) is 4.71. The molecule has 5 heteroatoms. The van der Waals surface area contributed by atoms with Gasteiger partial charge in [-0.2, -0.15) is 0 Å². The van der Waals surface area contributed by atoms with Gasteiger partial charge < -0.3 is 4.90 Å². The number of likely N-dealkylation sites (tertiary alicyclic amines) is 1. The Morgan fingerprint density at radius 3 is 2.57 bits per heavy atom. The Balaban J connectivity index is 1.61. The van der Waals surface area contributed by atoms with Gasteiger partial charge in [-0.1, -0.05) is 32.1 Å². The van der Waals surface area contributed by atoms with Crippen LogP contribution in [0.4, 0.5) is 0 Å². The second-order valence-corrected chi connectivity index (χ2v) is 9.19. The van der Waals surface area contributed by atoms with Crippen LogP contribution in [0.1, 0.15) is 56.5 Å². The van der Waals surface area contributed by atoms with Crippen molar-refractivity contribution < 1.29 is 9.59 Å². The number of aromatic nitrogens is 1. The number of likely N-dealkylation sites (N-methyl/N-ethyl adjacent to an activating group) is 1. The third-order valence-electron chi connectivity index (χ3n) is 7.42. The van der Waals surface area contributed by atoms with Crippen LogP contribution >= 0.6 is 0 Å². The summed E-state index contributed by atoms with van der Waals surface area (Å²) in [7, 11) is 0. The maximum Gasteiger partial charge on any atom is 0.231 e. The van der Waals surface area contributed by atoms with Gasteiger partial charge in [-0.25, -0.2) is 0 Å². The lowest BCUT2D eigenvalue weighted by molar-refractivity contribution is -0.146. The number of amides is 1. The lowest BCUT2D eigenvalue weighted by atomic mass is 9.79. The molecule has 1 aromatic heterocycles. The average molecular weight is 406 g/mol. The molecule has 5 nitrogen and oxygen atoms in total. The second kappa shape index (κ2) is 7.09. The van der Waals surface area contributed by atoms with Crippen LogP contribution in [-0.2, 0) is 11.2 Å². The summed E-state index contributed by atoms with van der Waals surface area (Å²) >= 11 is 0. The summed E-state index contributed by atoms with van der Waals surface area (Å²) in [5.74, 6) is 0.295. The molecule has 3 aliphatic rings. The van der Waals surface area contributed by atoms with E-state index in [4.69, 9.17) is 0 Å². The average Bonchev–Trinajstić information content (AvgIpc) is 3.12. The summed E-state index contributed by atoms with van der Waals surface area (Å²) in [6.07, 6.45) is 6.77. The smallest absolute Gasteiger partial charge is 0.231 e. The van der Waals surface area contributed by atoms with Crippen LogP contribution in [0.25, 0.3) is 16.5 Å². The largest absolute Gasteiger partial charge is 0.337 e. The molecule has 1 aliphatic carbocycles. The minimum absolute atomic E-state index is 0.0995. The predicted octanol–water partition coefficient (Wildman–Crippen LogP) is 3.96. The summed E-state index contributed by atoms with van der Waals surface area (Å²) in [5, 5.41) is 1.19. The molecule has 0 radical (unpaired) electrons. The Morgan fingerprint density at radius 2 is 1.90 bits per heavy atom. The van der Waals surface area contributed by atoms with Crippen LogP contribution in [0.2, 0.25) is 0 Å². The van der Waals surface area contributed by atoms with Crippen molar-refractivity contribution in [1.82, 2.24) is 14.4 Å². The number of rotatable bonds is 3. The van der Waals surface area contributed by atoms with Crippen LogP contribution in [0, 0.1) is 5.92 Å². The molecule has 1 aromatic carbocycles. The highest BCUT2D eigenvalue weighted by Gasteiger charge is 2.42. The summed E-state index contributed by atoms with van der Waals surface area (Å²) < 4.78 is 1.83. The van der Waals surface area contributed by atoms with Gasteiger partial charge >= 0.3 is 0 Å². The van der Waals surface area contributed by atoms with E-state index in [2.05, 4.69) is 42.7 Å². The Hall–Kier alpha value is -2.40. The maximum absolute atomic E-state index is 13.4.